The Kier molecular flexibility index (Phi) is 7.21. The SMILES string of the molecule is COc1ccc(CN2CCN(C3CCCC3)[C@H](CCO)C2)c(OC)c1OC. The van der Waals surface area contributed by atoms with Crippen LogP contribution in [0.15, 0.2) is 12.1 Å². The average Bonchev–Trinajstić information content (AvgIpc) is 3.22. The Morgan fingerprint density at radius 3 is 2.37 bits per heavy atom. The van der Waals surface area contributed by atoms with Crippen LogP contribution in [0.25, 0.3) is 0 Å². The topological polar surface area (TPSA) is 54.4 Å². The molecule has 152 valence electrons. The first-order chi connectivity index (χ1) is 13.2. The summed E-state index contributed by atoms with van der Waals surface area (Å²) in [6.07, 6.45) is 6.16. The zero-order valence-corrected chi connectivity index (χ0v) is 16.9. The van der Waals surface area contributed by atoms with Crippen LogP contribution in [-0.2, 0) is 6.54 Å². The lowest BCUT2D eigenvalue weighted by Gasteiger charge is -2.44. The zero-order chi connectivity index (χ0) is 19.2. The third-order valence-corrected chi connectivity index (χ3v) is 6.05. The van der Waals surface area contributed by atoms with E-state index in [9.17, 15) is 5.11 Å². The highest BCUT2D eigenvalue weighted by atomic mass is 16.5. The van der Waals surface area contributed by atoms with Gasteiger partial charge in [0.25, 0.3) is 0 Å². The van der Waals surface area contributed by atoms with Crippen LogP contribution in [0.5, 0.6) is 17.2 Å². The quantitative estimate of drug-likeness (QED) is 0.750. The summed E-state index contributed by atoms with van der Waals surface area (Å²) in [4.78, 5) is 5.13. The van der Waals surface area contributed by atoms with Crippen molar-refractivity contribution in [2.24, 2.45) is 0 Å². The number of methoxy groups -OCH3 is 3. The Balaban J connectivity index is 1.72. The Morgan fingerprint density at radius 2 is 1.74 bits per heavy atom. The molecule has 1 saturated carbocycles. The van der Waals surface area contributed by atoms with Gasteiger partial charge in [-0.3, -0.25) is 9.80 Å². The molecule has 2 fully saturated rings. The van der Waals surface area contributed by atoms with Crippen molar-refractivity contribution >= 4 is 0 Å². The normalized spacial score (nSPS) is 22.1. The van der Waals surface area contributed by atoms with Crippen molar-refractivity contribution < 1.29 is 19.3 Å². The van der Waals surface area contributed by atoms with Gasteiger partial charge in [0.15, 0.2) is 11.5 Å². The molecular formula is C21H34N2O4. The van der Waals surface area contributed by atoms with E-state index >= 15 is 0 Å². The number of piperazine rings is 1. The minimum atomic E-state index is 0.251. The summed E-state index contributed by atoms with van der Waals surface area (Å²) in [7, 11) is 4.95. The summed E-state index contributed by atoms with van der Waals surface area (Å²) in [6, 6.07) is 5.14. The fourth-order valence-electron chi connectivity index (χ4n) is 4.73. The predicted molar refractivity (Wildman–Crippen MR) is 106 cm³/mol. The first kappa shape index (κ1) is 20.2. The molecule has 0 unspecified atom stereocenters. The second kappa shape index (κ2) is 9.62. The molecule has 0 spiro atoms. The van der Waals surface area contributed by atoms with E-state index in [2.05, 4.69) is 15.9 Å². The van der Waals surface area contributed by atoms with Gasteiger partial charge in [-0.1, -0.05) is 18.9 Å². The third kappa shape index (κ3) is 4.50. The lowest BCUT2D eigenvalue weighted by Crippen LogP contribution is -2.56. The van der Waals surface area contributed by atoms with Gasteiger partial charge in [0, 0.05) is 50.4 Å². The van der Waals surface area contributed by atoms with Crippen LogP contribution in [0, 0.1) is 0 Å². The third-order valence-electron chi connectivity index (χ3n) is 6.05. The van der Waals surface area contributed by atoms with E-state index in [1.54, 1.807) is 21.3 Å². The summed E-state index contributed by atoms with van der Waals surface area (Å²) in [5.41, 5.74) is 1.10. The Bertz CT molecular complexity index is 604. The predicted octanol–water partition coefficient (Wildman–Crippen LogP) is 2.52. The molecule has 1 aromatic carbocycles. The van der Waals surface area contributed by atoms with Gasteiger partial charge in [-0.15, -0.1) is 0 Å². The van der Waals surface area contributed by atoms with Crippen LogP contribution in [0.2, 0.25) is 0 Å². The average molecular weight is 379 g/mol. The fourth-order valence-corrected chi connectivity index (χ4v) is 4.73. The summed E-state index contributed by atoms with van der Waals surface area (Å²) >= 11 is 0. The van der Waals surface area contributed by atoms with Crippen molar-refractivity contribution in [3.63, 3.8) is 0 Å². The Hall–Kier alpha value is -1.50. The fraction of sp³-hybridized carbons (Fsp3) is 0.714. The molecule has 1 aliphatic heterocycles. The number of hydrogen-bond donors (Lipinski definition) is 1. The first-order valence-electron chi connectivity index (χ1n) is 10.1. The number of rotatable bonds is 8. The number of ether oxygens (including phenoxy) is 3. The van der Waals surface area contributed by atoms with Crippen molar-refractivity contribution in [3.8, 4) is 17.2 Å². The summed E-state index contributed by atoms with van der Waals surface area (Å²) in [5.74, 6) is 2.07. The molecule has 1 aliphatic carbocycles. The van der Waals surface area contributed by atoms with Crippen molar-refractivity contribution in [2.75, 3.05) is 47.6 Å². The zero-order valence-electron chi connectivity index (χ0n) is 16.9. The van der Waals surface area contributed by atoms with Gasteiger partial charge in [0.2, 0.25) is 5.75 Å². The molecule has 0 radical (unpaired) electrons. The molecule has 1 N–H and O–H groups in total. The van der Waals surface area contributed by atoms with Crippen LogP contribution in [0.3, 0.4) is 0 Å². The van der Waals surface area contributed by atoms with E-state index in [4.69, 9.17) is 14.2 Å². The van der Waals surface area contributed by atoms with E-state index in [-0.39, 0.29) is 6.61 Å². The maximum Gasteiger partial charge on any atom is 0.203 e. The lowest BCUT2D eigenvalue weighted by molar-refractivity contribution is 0.0264. The number of hydrogen-bond acceptors (Lipinski definition) is 6. The van der Waals surface area contributed by atoms with E-state index < -0.39 is 0 Å². The van der Waals surface area contributed by atoms with Crippen molar-refractivity contribution in [1.29, 1.82) is 0 Å². The Labute approximate surface area is 163 Å². The van der Waals surface area contributed by atoms with Gasteiger partial charge in [-0.2, -0.15) is 0 Å². The van der Waals surface area contributed by atoms with Crippen molar-refractivity contribution in [1.82, 2.24) is 9.80 Å². The molecule has 6 heteroatoms. The van der Waals surface area contributed by atoms with Crippen LogP contribution in [0.4, 0.5) is 0 Å². The van der Waals surface area contributed by atoms with E-state index in [1.165, 1.54) is 25.7 Å². The maximum absolute atomic E-state index is 9.57. The number of aliphatic hydroxyl groups is 1. The highest BCUT2D eigenvalue weighted by Crippen LogP contribution is 2.40. The van der Waals surface area contributed by atoms with Gasteiger partial charge >= 0.3 is 0 Å². The van der Waals surface area contributed by atoms with E-state index in [0.717, 1.165) is 43.9 Å². The van der Waals surface area contributed by atoms with Gasteiger partial charge in [-0.25, -0.2) is 0 Å². The van der Waals surface area contributed by atoms with Crippen molar-refractivity contribution in [3.05, 3.63) is 17.7 Å². The molecule has 2 aliphatic rings. The summed E-state index contributed by atoms with van der Waals surface area (Å²) in [6.45, 7) is 4.15. The van der Waals surface area contributed by atoms with Gasteiger partial charge < -0.3 is 19.3 Å². The molecular weight excluding hydrogens is 344 g/mol. The highest BCUT2D eigenvalue weighted by Gasteiger charge is 2.33. The standard InChI is InChI=1S/C21H34N2O4/c1-25-19-9-8-16(20(26-2)21(19)27-3)14-22-11-12-23(17-6-4-5-7-17)18(15-22)10-13-24/h8-9,17-18,24H,4-7,10-15H2,1-3H3/t18-/m1/s1. The molecule has 0 amide bonds. The smallest absolute Gasteiger partial charge is 0.203 e. The highest BCUT2D eigenvalue weighted by molar-refractivity contribution is 5.55. The second-order valence-electron chi connectivity index (χ2n) is 7.57. The summed E-state index contributed by atoms with van der Waals surface area (Å²) < 4.78 is 16.6. The van der Waals surface area contributed by atoms with Gasteiger partial charge in [0.05, 0.1) is 21.3 Å². The number of benzene rings is 1. The Morgan fingerprint density at radius 1 is 1.00 bits per heavy atom. The van der Waals surface area contributed by atoms with Crippen LogP contribution in [-0.4, -0.2) is 74.6 Å². The maximum atomic E-state index is 9.57. The molecule has 3 rings (SSSR count). The first-order valence-corrected chi connectivity index (χ1v) is 10.1. The minimum Gasteiger partial charge on any atom is -0.493 e. The van der Waals surface area contributed by atoms with Crippen LogP contribution < -0.4 is 14.2 Å². The van der Waals surface area contributed by atoms with E-state index in [0.29, 0.717) is 23.6 Å². The van der Waals surface area contributed by atoms with Crippen molar-refractivity contribution in [2.45, 2.75) is 50.7 Å². The monoisotopic (exact) mass is 378 g/mol. The van der Waals surface area contributed by atoms with Crippen LogP contribution in [0.1, 0.15) is 37.7 Å². The molecule has 1 aromatic rings. The molecule has 1 heterocycles. The molecule has 6 nitrogen and oxygen atoms in total. The molecule has 27 heavy (non-hydrogen) atoms. The molecule has 0 aromatic heterocycles. The van der Waals surface area contributed by atoms with Gasteiger partial charge in [0.1, 0.15) is 0 Å². The second-order valence-corrected chi connectivity index (χ2v) is 7.57. The summed E-state index contributed by atoms with van der Waals surface area (Å²) in [5, 5.41) is 9.57. The number of nitrogens with zero attached hydrogens (tertiary/aromatic N) is 2. The number of aliphatic hydroxyl groups excluding tert-OH is 1. The molecule has 1 atom stereocenters. The largest absolute Gasteiger partial charge is 0.493 e. The van der Waals surface area contributed by atoms with Gasteiger partial charge in [-0.05, 0) is 25.3 Å². The minimum absolute atomic E-state index is 0.251. The molecule has 1 saturated heterocycles. The lowest BCUT2D eigenvalue weighted by atomic mass is 10.0. The molecule has 0 bridgehead atoms. The van der Waals surface area contributed by atoms with Crippen LogP contribution >= 0.6 is 0 Å². The van der Waals surface area contributed by atoms with E-state index in [1.807, 2.05) is 6.07 Å².